The predicted octanol–water partition coefficient (Wildman–Crippen LogP) is 2.84. The lowest BCUT2D eigenvalue weighted by Crippen LogP contribution is -2.32. The van der Waals surface area contributed by atoms with Gasteiger partial charge in [-0.15, -0.1) is 0 Å². The van der Waals surface area contributed by atoms with Gasteiger partial charge in [0.15, 0.2) is 15.1 Å². The molecule has 0 fully saturated rings. The van der Waals surface area contributed by atoms with Crippen molar-refractivity contribution in [3.63, 3.8) is 0 Å². The maximum atomic E-state index is 12.7. The summed E-state index contributed by atoms with van der Waals surface area (Å²) in [6.07, 6.45) is 0.893. The molecule has 0 aliphatic heterocycles. The fourth-order valence-corrected chi connectivity index (χ4v) is 3.66. The molecule has 0 saturated heterocycles. The minimum atomic E-state index is -3.77. The molecule has 0 radical (unpaired) electrons. The van der Waals surface area contributed by atoms with E-state index in [1.165, 1.54) is 19.2 Å². The van der Waals surface area contributed by atoms with Gasteiger partial charge in [-0.1, -0.05) is 13.8 Å². The minimum Gasteiger partial charge on any atom is -0.497 e. The smallest absolute Gasteiger partial charge is 0.324 e. The third kappa shape index (κ3) is 4.73. The topological polar surface area (TPSA) is 69.7 Å². The maximum Gasteiger partial charge on any atom is 0.324 e. The molecule has 6 heteroatoms. The Morgan fingerprint density at radius 3 is 2.18 bits per heavy atom. The van der Waals surface area contributed by atoms with Crippen molar-refractivity contribution in [3.8, 4) is 5.75 Å². The van der Waals surface area contributed by atoms with Crippen molar-refractivity contribution >= 4 is 15.8 Å². The molecular weight excluding hydrogens is 304 g/mol. The van der Waals surface area contributed by atoms with Crippen LogP contribution in [0.25, 0.3) is 0 Å². The first-order chi connectivity index (χ1) is 10.3. The van der Waals surface area contributed by atoms with E-state index >= 15 is 0 Å². The molecule has 5 nitrogen and oxygen atoms in total. The molecule has 1 rings (SSSR count). The Labute approximate surface area is 132 Å². The molecule has 0 aliphatic rings. The number of carbonyl (C=O) groups is 1. The number of hydrogen-bond donors (Lipinski definition) is 0. The van der Waals surface area contributed by atoms with E-state index in [1.807, 2.05) is 13.8 Å². The molecule has 0 heterocycles. The van der Waals surface area contributed by atoms with E-state index < -0.39 is 21.1 Å². The Bertz CT molecular complexity index is 575. The number of carbonyl (C=O) groups excluding carboxylic acids is 1. The van der Waals surface area contributed by atoms with Crippen molar-refractivity contribution < 1.29 is 22.7 Å². The Balaban J connectivity index is 3.10. The molecular formula is C16H24O5S. The highest BCUT2D eigenvalue weighted by Gasteiger charge is 2.35. The van der Waals surface area contributed by atoms with E-state index in [9.17, 15) is 13.2 Å². The lowest BCUT2D eigenvalue weighted by Gasteiger charge is -2.17. The van der Waals surface area contributed by atoms with Crippen molar-refractivity contribution in [2.75, 3.05) is 13.7 Å². The van der Waals surface area contributed by atoms with Crippen LogP contribution in [0.5, 0.6) is 5.75 Å². The Hall–Kier alpha value is -1.56. The minimum absolute atomic E-state index is 0.107. The largest absolute Gasteiger partial charge is 0.497 e. The van der Waals surface area contributed by atoms with Gasteiger partial charge in [0.05, 0.1) is 18.6 Å². The van der Waals surface area contributed by atoms with E-state index in [2.05, 4.69) is 0 Å². The summed E-state index contributed by atoms with van der Waals surface area (Å²) in [6.45, 7) is 5.80. The number of esters is 1. The molecule has 0 unspecified atom stereocenters. The molecule has 1 aromatic rings. The first-order valence-electron chi connectivity index (χ1n) is 7.37. The van der Waals surface area contributed by atoms with E-state index in [1.54, 1.807) is 19.1 Å². The molecule has 0 saturated carbocycles. The summed E-state index contributed by atoms with van der Waals surface area (Å²) >= 11 is 0. The van der Waals surface area contributed by atoms with Crippen molar-refractivity contribution in [3.05, 3.63) is 24.3 Å². The van der Waals surface area contributed by atoms with E-state index in [4.69, 9.17) is 9.47 Å². The second kappa shape index (κ2) is 8.17. The molecule has 0 spiro atoms. The third-order valence-electron chi connectivity index (χ3n) is 3.32. The predicted molar refractivity (Wildman–Crippen MR) is 84.7 cm³/mol. The quantitative estimate of drug-likeness (QED) is 0.686. The number of ether oxygens (including phenoxy) is 2. The molecule has 22 heavy (non-hydrogen) atoms. The number of benzene rings is 1. The first-order valence-corrected chi connectivity index (χ1v) is 8.92. The monoisotopic (exact) mass is 328 g/mol. The van der Waals surface area contributed by atoms with Gasteiger partial charge >= 0.3 is 5.97 Å². The normalized spacial score (nSPS) is 13.0. The Morgan fingerprint density at radius 1 is 1.14 bits per heavy atom. The van der Waals surface area contributed by atoms with Crippen molar-refractivity contribution in [1.82, 2.24) is 0 Å². The van der Waals surface area contributed by atoms with Crippen LogP contribution in [-0.4, -0.2) is 33.4 Å². The zero-order valence-corrected chi connectivity index (χ0v) is 14.4. The van der Waals surface area contributed by atoms with Gasteiger partial charge in [0.1, 0.15) is 5.75 Å². The van der Waals surface area contributed by atoms with E-state index in [-0.39, 0.29) is 17.9 Å². The van der Waals surface area contributed by atoms with Gasteiger partial charge in [0.25, 0.3) is 0 Å². The number of rotatable bonds is 8. The van der Waals surface area contributed by atoms with Crippen LogP contribution < -0.4 is 4.74 Å². The first kappa shape index (κ1) is 18.5. The zero-order chi connectivity index (χ0) is 16.8. The highest BCUT2D eigenvalue weighted by Crippen LogP contribution is 2.24. The third-order valence-corrected chi connectivity index (χ3v) is 5.42. The number of hydrogen-bond acceptors (Lipinski definition) is 5. The highest BCUT2D eigenvalue weighted by atomic mass is 32.2. The lowest BCUT2D eigenvalue weighted by molar-refractivity contribution is -0.142. The summed E-state index contributed by atoms with van der Waals surface area (Å²) in [7, 11) is -2.27. The fourth-order valence-electron chi connectivity index (χ4n) is 2.05. The molecule has 0 aliphatic carbocycles. The van der Waals surface area contributed by atoms with Gasteiger partial charge in [-0.05, 0) is 49.9 Å². The van der Waals surface area contributed by atoms with Crippen LogP contribution in [0, 0.1) is 5.92 Å². The van der Waals surface area contributed by atoms with Gasteiger partial charge in [-0.3, -0.25) is 4.79 Å². The van der Waals surface area contributed by atoms with Crippen LogP contribution in [0.3, 0.4) is 0 Å². The molecule has 0 aromatic heterocycles. The molecule has 0 bridgehead atoms. The van der Waals surface area contributed by atoms with Crippen LogP contribution in [0.2, 0.25) is 0 Å². The fraction of sp³-hybridized carbons (Fsp3) is 0.562. The molecule has 0 N–H and O–H groups in total. The maximum absolute atomic E-state index is 12.7. The molecule has 1 atom stereocenters. The van der Waals surface area contributed by atoms with Gasteiger partial charge in [-0.25, -0.2) is 8.42 Å². The van der Waals surface area contributed by atoms with Crippen LogP contribution in [-0.2, 0) is 19.4 Å². The average molecular weight is 328 g/mol. The highest BCUT2D eigenvalue weighted by molar-refractivity contribution is 7.92. The van der Waals surface area contributed by atoms with Crippen LogP contribution in [0.4, 0.5) is 0 Å². The van der Waals surface area contributed by atoms with Crippen LogP contribution in [0.15, 0.2) is 29.2 Å². The standard InChI is InChI=1S/C16H24O5S/c1-5-21-16(17)15(11-6-12(2)3)22(18,19)14-9-7-13(20-4)8-10-14/h7-10,12,15H,5-6,11H2,1-4H3/t15-/m0/s1. The van der Waals surface area contributed by atoms with Crippen LogP contribution >= 0.6 is 0 Å². The summed E-state index contributed by atoms with van der Waals surface area (Å²) in [4.78, 5) is 12.2. The molecule has 124 valence electrons. The van der Waals surface area contributed by atoms with Gasteiger partial charge in [0, 0.05) is 0 Å². The summed E-state index contributed by atoms with van der Waals surface area (Å²) in [6, 6.07) is 6.04. The van der Waals surface area contributed by atoms with Crippen molar-refractivity contribution in [1.29, 1.82) is 0 Å². The van der Waals surface area contributed by atoms with Crippen molar-refractivity contribution in [2.45, 2.75) is 43.8 Å². The Morgan fingerprint density at radius 2 is 1.73 bits per heavy atom. The second-order valence-corrected chi connectivity index (χ2v) is 7.56. The summed E-state index contributed by atoms with van der Waals surface area (Å²) in [5.41, 5.74) is 0. The zero-order valence-electron chi connectivity index (χ0n) is 13.5. The lowest BCUT2D eigenvalue weighted by atomic mass is 10.1. The van der Waals surface area contributed by atoms with Crippen LogP contribution in [0.1, 0.15) is 33.6 Å². The van der Waals surface area contributed by atoms with E-state index in [0.717, 1.165) is 0 Å². The van der Waals surface area contributed by atoms with E-state index in [0.29, 0.717) is 18.1 Å². The van der Waals surface area contributed by atoms with Gasteiger partial charge in [0.2, 0.25) is 0 Å². The van der Waals surface area contributed by atoms with Gasteiger partial charge in [-0.2, -0.15) is 0 Å². The SMILES string of the molecule is CCOC(=O)[C@H](CCC(C)C)S(=O)(=O)c1ccc(OC)cc1. The number of sulfone groups is 1. The summed E-state index contributed by atoms with van der Waals surface area (Å²) < 4.78 is 35.4. The Kier molecular flexibility index (Phi) is 6.87. The number of methoxy groups -OCH3 is 1. The van der Waals surface area contributed by atoms with Crippen molar-refractivity contribution in [2.24, 2.45) is 5.92 Å². The second-order valence-electron chi connectivity index (χ2n) is 5.43. The van der Waals surface area contributed by atoms with Gasteiger partial charge < -0.3 is 9.47 Å². The summed E-state index contributed by atoms with van der Waals surface area (Å²) in [5, 5.41) is -1.16. The average Bonchev–Trinajstić information content (AvgIpc) is 2.47. The molecule has 1 aromatic carbocycles. The molecule has 0 amide bonds. The summed E-state index contributed by atoms with van der Waals surface area (Å²) in [5.74, 6) is 0.191.